The summed E-state index contributed by atoms with van der Waals surface area (Å²) in [5.74, 6) is 2.16. The Balaban J connectivity index is 0.00000448. The number of hydrogen-bond acceptors (Lipinski definition) is 3. The zero-order valence-electron chi connectivity index (χ0n) is 30.7. The molecule has 7 rings (SSSR count). The molecule has 0 bridgehead atoms. The molecule has 0 unspecified atom stereocenters. The van der Waals surface area contributed by atoms with Gasteiger partial charge in [0.25, 0.3) is 0 Å². The Morgan fingerprint density at radius 2 is 1.59 bits per heavy atom. The van der Waals surface area contributed by atoms with E-state index in [-0.39, 0.29) is 26.5 Å². The van der Waals surface area contributed by atoms with Gasteiger partial charge in [0, 0.05) is 34.5 Å². The number of fused-ring (bicyclic) bond motifs is 3. The molecule has 0 saturated heterocycles. The van der Waals surface area contributed by atoms with Gasteiger partial charge in [0.2, 0.25) is 0 Å². The fourth-order valence-corrected chi connectivity index (χ4v) is 6.88. The Kier molecular flexibility index (Phi) is 10.7. The largest absolute Gasteiger partial charge is 2.00 e. The van der Waals surface area contributed by atoms with E-state index < -0.39 is 0 Å². The molecule has 0 atom stereocenters. The summed E-state index contributed by atoms with van der Waals surface area (Å²) < 4.78 is 10.9. The molecule has 0 spiro atoms. The topological polar surface area (TPSA) is 44.9 Å². The second-order valence-corrected chi connectivity index (χ2v) is 14.8. The third-order valence-corrected chi connectivity index (χ3v) is 9.52. The molecule has 0 fully saturated rings. The Morgan fingerprint density at radius 3 is 2.33 bits per heavy atom. The minimum Gasteiger partial charge on any atom is -0.509 e. The molecule has 0 aliphatic rings. The summed E-state index contributed by atoms with van der Waals surface area (Å²) in [6.45, 7) is 15.4. The van der Waals surface area contributed by atoms with Crippen molar-refractivity contribution >= 4 is 21.8 Å². The summed E-state index contributed by atoms with van der Waals surface area (Å²) >= 11 is 0. The molecule has 5 nitrogen and oxygen atoms in total. The quantitative estimate of drug-likeness (QED) is 0.129. The summed E-state index contributed by atoms with van der Waals surface area (Å²) in [7, 11) is 0. The molecule has 0 N–H and O–H groups in total. The smallest absolute Gasteiger partial charge is 0.509 e. The van der Waals surface area contributed by atoms with E-state index in [9.17, 15) is 0 Å². The Hall–Kier alpha value is -4.47. The molecular formula is C45H46N4OPt. The normalized spacial score (nSPS) is 11.7. The van der Waals surface area contributed by atoms with Gasteiger partial charge in [-0.2, -0.15) is 16.7 Å². The van der Waals surface area contributed by atoms with E-state index in [2.05, 4.69) is 132 Å². The fraction of sp³-hybridized carbons (Fsp3) is 0.289. The molecule has 262 valence electrons. The zero-order valence-corrected chi connectivity index (χ0v) is 33.0. The summed E-state index contributed by atoms with van der Waals surface area (Å²) in [5, 5.41) is 7.32. The SMILES string of the molecule is CCCCc1cc(Oc2[c-]c3c(cc2)c2cc(CCC(C)(C)C)ccc2n3-c2cc(C)ccn2)[c-]c(-n2nc(C)c(-c3ccccc3)c2C)c1.[Pt+2]. The van der Waals surface area contributed by atoms with E-state index in [0.29, 0.717) is 11.5 Å². The van der Waals surface area contributed by atoms with Crippen molar-refractivity contribution in [2.45, 2.75) is 80.6 Å². The molecule has 3 heterocycles. The Labute approximate surface area is 317 Å². The minimum atomic E-state index is 0. The van der Waals surface area contributed by atoms with Crippen LogP contribution in [0.25, 0.3) is 44.4 Å². The first-order valence-corrected chi connectivity index (χ1v) is 17.9. The van der Waals surface area contributed by atoms with Crippen molar-refractivity contribution in [3.63, 3.8) is 0 Å². The first-order chi connectivity index (χ1) is 24.1. The monoisotopic (exact) mass is 853 g/mol. The molecule has 3 aromatic heterocycles. The van der Waals surface area contributed by atoms with Crippen molar-refractivity contribution in [1.82, 2.24) is 19.3 Å². The zero-order chi connectivity index (χ0) is 35.0. The van der Waals surface area contributed by atoms with Crippen molar-refractivity contribution in [2.75, 3.05) is 0 Å². The molecule has 4 aromatic carbocycles. The minimum absolute atomic E-state index is 0. The van der Waals surface area contributed by atoms with Gasteiger partial charge in [0.05, 0.1) is 5.69 Å². The number of nitrogens with zero attached hydrogens (tertiary/aromatic N) is 4. The van der Waals surface area contributed by atoms with Crippen LogP contribution in [0.3, 0.4) is 0 Å². The average Bonchev–Trinajstić information content (AvgIpc) is 3.58. The van der Waals surface area contributed by atoms with Gasteiger partial charge >= 0.3 is 21.1 Å². The first kappa shape index (κ1) is 36.3. The number of aromatic nitrogens is 4. The van der Waals surface area contributed by atoms with Crippen LogP contribution in [-0.4, -0.2) is 19.3 Å². The van der Waals surface area contributed by atoms with Gasteiger partial charge in [-0.25, -0.2) is 4.98 Å². The maximum atomic E-state index is 6.66. The number of pyridine rings is 1. The van der Waals surface area contributed by atoms with Crippen molar-refractivity contribution < 1.29 is 25.8 Å². The van der Waals surface area contributed by atoms with E-state index in [4.69, 9.17) is 14.8 Å². The molecular weight excluding hydrogens is 808 g/mol. The van der Waals surface area contributed by atoms with Crippen molar-refractivity contribution in [3.05, 3.63) is 131 Å². The number of ether oxygens (including phenoxy) is 1. The third kappa shape index (κ3) is 7.75. The summed E-state index contributed by atoms with van der Waals surface area (Å²) in [5.41, 5.74) is 11.3. The maximum absolute atomic E-state index is 6.66. The van der Waals surface area contributed by atoms with Gasteiger partial charge < -0.3 is 9.30 Å². The molecule has 51 heavy (non-hydrogen) atoms. The number of benzene rings is 4. The van der Waals surface area contributed by atoms with Crippen LogP contribution in [0.1, 0.15) is 75.0 Å². The van der Waals surface area contributed by atoms with Crippen LogP contribution in [-0.2, 0) is 33.9 Å². The van der Waals surface area contributed by atoms with Gasteiger partial charge in [-0.3, -0.25) is 4.68 Å². The predicted molar refractivity (Wildman–Crippen MR) is 206 cm³/mol. The molecule has 0 saturated carbocycles. The molecule has 6 heteroatoms. The van der Waals surface area contributed by atoms with Gasteiger partial charge in [-0.05, 0) is 85.0 Å². The number of unbranched alkanes of at least 4 members (excludes halogenated alkanes) is 1. The van der Waals surface area contributed by atoms with Crippen molar-refractivity contribution in [3.8, 4) is 34.1 Å². The average molecular weight is 854 g/mol. The standard InChI is InChI=1S/C45H46N4O.Pt/c1-8-9-13-34-25-36(49-32(4)44(31(3)47-49)35-14-11-10-12-15-35)28-38(26-34)50-37-17-18-39-40-27-33(20-22-45(5,6)7)16-19-41(40)48(42(39)29-37)43-24-30(2)21-23-46-43;/h10-12,14-19,21,23-27H,8-9,13,20,22H2,1-7H3;/q-2;+2. The van der Waals surface area contributed by atoms with Gasteiger partial charge in [-0.15, -0.1) is 35.7 Å². The second-order valence-electron chi connectivity index (χ2n) is 14.8. The fourth-order valence-electron chi connectivity index (χ4n) is 6.88. The van der Waals surface area contributed by atoms with Crippen LogP contribution in [0, 0.1) is 38.3 Å². The Bertz CT molecular complexity index is 2310. The number of rotatable bonds is 10. The molecule has 0 aliphatic heterocycles. The third-order valence-electron chi connectivity index (χ3n) is 9.52. The molecule has 7 aromatic rings. The van der Waals surface area contributed by atoms with Crippen LogP contribution in [0.2, 0.25) is 0 Å². The number of aryl methyl sites for hydroxylation is 4. The van der Waals surface area contributed by atoms with E-state index in [0.717, 1.165) is 88.1 Å². The summed E-state index contributed by atoms with van der Waals surface area (Å²) in [6.07, 6.45) is 7.20. The van der Waals surface area contributed by atoms with Crippen LogP contribution < -0.4 is 4.74 Å². The van der Waals surface area contributed by atoms with Gasteiger partial charge in [-0.1, -0.05) is 94.9 Å². The van der Waals surface area contributed by atoms with Crippen molar-refractivity contribution in [2.24, 2.45) is 5.41 Å². The van der Waals surface area contributed by atoms with Crippen LogP contribution in [0.4, 0.5) is 0 Å². The van der Waals surface area contributed by atoms with E-state index in [1.54, 1.807) is 0 Å². The summed E-state index contributed by atoms with van der Waals surface area (Å²) in [4.78, 5) is 4.80. The Morgan fingerprint density at radius 1 is 0.784 bits per heavy atom. The van der Waals surface area contributed by atoms with Crippen LogP contribution >= 0.6 is 0 Å². The van der Waals surface area contributed by atoms with Gasteiger partial charge in [0.1, 0.15) is 5.82 Å². The molecule has 0 amide bonds. The predicted octanol–water partition coefficient (Wildman–Crippen LogP) is 11.7. The maximum Gasteiger partial charge on any atom is 2.00 e. The van der Waals surface area contributed by atoms with Gasteiger partial charge in [0.15, 0.2) is 0 Å². The van der Waals surface area contributed by atoms with E-state index >= 15 is 0 Å². The van der Waals surface area contributed by atoms with E-state index in [1.807, 2.05) is 29.1 Å². The molecule has 0 radical (unpaired) electrons. The first-order valence-electron chi connectivity index (χ1n) is 17.9. The molecule has 0 aliphatic carbocycles. The van der Waals surface area contributed by atoms with E-state index in [1.165, 1.54) is 16.5 Å². The van der Waals surface area contributed by atoms with Crippen molar-refractivity contribution in [1.29, 1.82) is 0 Å². The summed E-state index contributed by atoms with van der Waals surface area (Å²) in [6, 6.07) is 37.2. The number of hydrogen-bond donors (Lipinski definition) is 0. The van der Waals surface area contributed by atoms with Crippen LogP contribution in [0.15, 0.2) is 91.1 Å². The van der Waals surface area contributed by atoms with Crippen LogP contribution in [0.5, 0.6) is 11.5 Å². The second kappa shape index (κ2) is 15.0.